The third kappa shape index (κ3) is 4.35. The maximum Gasteiger partial charge on any atom is 0.409 e. The third-order valence-corrected chi connectivity index (χ3v) is 6.50. The van der Waals surface area contributed by atoms with Crippen LogP contribution in [0.3, 0.4) is 0 Å². The summed E-state index contributed by atoms with van der Waals surface area (Å²) in [5, 5.41) is 2.98. The summed E-state index contributed by atoms with van der Waals surface area (Å²) in [6.07, 6.45) is 3.89. The van der Waals surface area contributed by atoms with Gasteiger partial charge >= 0.3 is 6.09 Å². The molecule has 1 saturated heterocycles. The number of carbonyl (C=O) groups is 2. The number of rotatable bonds is 5. The summed E-state index contributed by atoms with van der Waals surface area (Å²) in [7, 11) is 0. The first-order chi connectivity index (χ1) is 11.8. The number of nitrogens with zero attached hydrogens (tertiary/aromatic N) is 1. The lowest BCUT2D eigenvalue weighted by atomic mass is 9.72. The van der Waals surface area contributed by atoms with Crippen molar-refractivity contribution in [3.63, 3.8) is 0 Å². The first kappa shape index (κ1) is 18.2. The van der Waals surface area contributed by atoms with Gasteiger partial charge in [0.1, 0.15) is 6.61 Å². The summed E-state index contributed by atoms with van der Waals surface area (Å²) in [5.74, 6) is 0.696. The van der Waals surface area contributed by atoms with Crippen molar-refractivity contribution in [2.24, 2.45) is 11.3 Å². The maximum absolute atomic E-state index is 12.4. The molecule has 2 amide bonds. The zero-order chi connectivity index (χ0) is 18.0. The van der Waals surface area contributed by atoms with Gasteiger partial charge in [-0.05, 0) is 48.6 Å². The fourth-order valence-corrected chi connectivity index (χ4v) is 4.69. The Morgan fingerprint density at radius 2 is 2.24 bits per heavy atom. The van der Waals surface area contributed by atoms with E-state index >= 15 is 0 Å². The maximum atomic E-state index is 12.4. The minimum Gasteiger partial charge on any atom is -0.448 e. The molecule has 3 rings (SSSR count). The van der Waals surface area contributed by atoms with Crippen molar-refractivity contribution in [1.29, 1.82) is 0 Å². The van der Waals surface area contributed by atoms with Gasteiger partial charge in [0, 0.05) is 18.0 Å². The Balaban J connectivity index is 1.49. The highest BCUT2D eigenvalue weighted by molar-refractivity contribution is 7.14. The Morgan fingerprint density at radius 3 is 2.92 bits per heavy atom. The molecule has 138 valence electrons. The molecule has 6 heteroatoms. The van der Waals surface area contributed by atoms with Crippen molar-refractivity contribution >= 4 is 23.3 Å². The number of thiophene rings is 1. The van der Waals surface area contributed by atoms with Gasteiger partial charge in [-0.3, -0.25) is 4.79 Å². The Kier molecular flexibility index (Phi) is 5.37. The lowest BCUT2D eigenvalue weighted by Crippen LogP contribution is -2.30. The number of fused-ring (bicyclic) bond motifs is 1. The summed E-state index contributed by atoms with van der Waals surface area (Å²) >= 11 is 1.64. The van der Waals surface area contributed by atoms with Crippen LogP contribution in [0.4, 0.5) is 4.79 Å². The van der Waals surface area contributed by atoms with Crippen LogP contribution in [-0.4, -0.2) is 43.1 Å². The smallest absolute Gasteiger partial charge is 0.409 e. The number of amides is 2. The first-order valence-electron chi connectivity index (χ1n) is 9.16. The molecule has 1 atom stereocenters. The first-order valence-corrected chi connectivity index (χ1v) is 9.98. The Hall–Kier alpha value is -1.56. The second-order valence-electron chi connectivity index (χ2n) is 8.08. The molecule has 2 aliphatic rings. The zero-order valence-electron chi connectivity index (χ0n) is 15.4. The predicted octanol–water partition coefficient (Wildman–Crippen LogP) is 3.47. The summed E-state index contributed by atoms with van der Waals surface area (Å²) in [6.45, 7) is 9.25. The van der Waals surface area contributed by atoms with E-state index in [0.717, 1.165) is 24.1 Å². The van der Waals surface area contributed by atoms with Crippen molar-refractivity contribution in [2.75, 3.05) is 26.2 Å². The van der Waals surface area contributed by atoms with Gasteiger partial charge in [-0.15, -0.1) is 11.3 Å². The van der Waals surface area contributed by atoms with Crippen LogP contribution in [0.15, 0.2) is 6.07 Å². The number of cyclic esters (lactones) is 1. The van der Waals surface area contributed by atoms with Gasteiger partial charge < -0.3 is 15.0 Å². The summed E-state index contributed by atoms with van der Waals surface area (Å²) < 4.78 is 4.89. The zero-order valence-corrected chi connectivity index (χ0v) is 16.2. The van der Waals surface area contributed by atoms with Gasteiger partial charge in [-0.25, -0.2) is 4.79 Å². The van der Waals surface area contributed by atoms with Crippen molar-refractivity contribution in [3.8, 4) is 0 Å². The SMILES string of the molecule is CC(C)(C)C1CCc2sc(C(=O)NCCCN3CCOC3=O)cc2C1. The number of carbonyl (C=O) groups excluding carboxylic acids is 2. The highest BCUT2D eigenvalue weighted by atomic mass is 32.1. The van der Waals surface area contributed by atoms with Crippen LogP contribution in [0.25, 0.3) is 0 Å². The quantitative estimate of drug-likeness (QED) is 0.814. The van der Waals surface area contributed by atoms with E-state index in [1.807, 2.05) is 0 Å². The van der Waals surface area contributed by atoms with Crippen LogP contribution >= 0.6 is 11.3 Å². The van der Waals surface area contributed by atoms with Crippen LogP contribution in [-0.2, 0) is 17.6 Å². The van der Waals surface area contributed by atoms with Crippen LogP contribution in [0.2, 0.25) is 0 Å². The van der Waals surface area contributed by atoms with Crippen LogP contribution in [0.1, 0.15) is 53.7 Å². The molecule has 1 aliphatic heterocycles. The molecule has 1 aromatic rings. The molecule has 1 aromatic heterocycles. The molecule has 0 spiro atoms. The monoisotopic (exact) mass is 364 g/mol. The molecule has 1 fully saturated rings. The van der Waals surface area contributed by atoms with E-state index in [-0.39, 0.29) is 12.0 Å². The van der Waals surface area contributed by atoms with Gasteiger partial charge in [0.2, 0.25) is 0 Å². The average Bonchev–Trinajstić information content (AvgIpc) is 3.15. The number of hydrogen-bond acceptors (Lipinski definition) is 4. The minimum atomic E-state index is -0.245. The molecular formula is C19H28N2O3S. The van der Waals surface area contributed by atoms with Gasteiger partial charge in [-0.1, -0.05) is 20.8 Å². The molecule has 5 nitrogen and oxygen atoms in total. The molecule has 1 aliphatic carbocycles. The van der Waals surface area contributed by atoms with Gasteiger partial charge in [-0.2, -0.15) is 0 Å². The lowest BCUT2D eigenvalue weighted by molar-refractivity contribution is 0.0956. The Morgan fingerprint density at radius 1 is 1.44 bits per heavy atom. The molecule has 0 bridgehead atoms. The second-order valence-corrected chi connectivity index (χ2v) is 9.21. The van der Waals surface area contributed by atoms with Crippen LogP contribution in [0.5, 0.6) is 0 Å². The van der Waals surface area contributed by atoms with E-state index in [0.29, 0.717) is 37.6 Å². The number of aryl methyl sites for hydroxylation is 1. The van der Waals surface area contributed by atoms with E-state index in [1.165, 1.54) is 16.9 Å². The minimum absolute atomic E-state index is 0.00991. The highest BCUT2D eigenvalue weighted by Crippen LogP contribution is 2.40. The Labute approximate surface area is 153 Å². The van der Waals surface area contributed by atoms with E-state index in [4.69, 9.17) is 4.74 Å². The van der Waals surface area contributed by atoms with Gasteiger partial charge in [0.25, 0.3) is 5.91 Å². The van der Waals surface area contributed by atoms with Crippen LogP contribution in [0, 0.1) is 11.3 Å². The fraction of sp³-hybridized carbons (Fsp3) is 0.684. The third-order valence-electron chi connectivity index (χ3n) is 5.27. The molecule has 1 N–H and O–H groups in total. The molecule has 25 heavy (non-hydrogen) atoms. The van der Waals surface area contributed by atoms with E-state index < -0.39 is 0 Å². The van der Waals surface area contributed by atoms with Crippen molar-refractivity contribution in [3.05, 3.63) is 21.4 Å². The summed E-state index contributed by atoms with van der Waals surface area (Å²) in [6, 6.07) is 2.09. The second kappa shape index (κ2) is 7.36. The van der Waals surface area contributed by atoms with Gasteiger partial charge in [0.15, 0.2) is 0 Å². The summed E-state index contributed by atoms with van der Waals surface area (Å²) in [5.41, 5.74) is 1.68. The summed E-state index contributed by atoms with van der Waals surface area (Å²) in [4.78, 5) is 27.6. The normalized spacial score (nSPS) is 20.4. The molecule has 2 heterocycles. The Bertz CT molecular complexity index is 648. The molecule has 0 aromatic carbocycles. The van der Waals surface area contributed by atoms with Gasteiger partial charge in [0.05, 0.1) is 11.4 Å². The lowest BCUT2D eigenvalue weighted by Gasteiger charge is -2.33. The number of nitrogens with one attached hydrogen (secondary N) is 1. The van der Waals surface area contributed by atoms with Crippen molar-refractivity contribution < 1.29 is 14.3 Å². The van der Waals surface area contributed by atoms with E-state index in [9.17, 15) is 9.59 Å². The largest absolute Gasteiger partial charge is 0.448 e. The average molecular weight is 365 g/mol. The molecule has 0 radical (unpaired) electrons. The highest BCUT2D eigenvalue weighted by Gasteiger charge is 2.30. The molecule has 0 saturated carbocycles. The molecular weight excluding hydrogens is 336 g/mol. The van der Waals surface area contributed by atoms with Crippen molar-refractivity contribution in [2.45, 2.75) is 46.5 Å². The number of ether oxygens (including phenoxy) is 1. The van der Waals surface area contributed by atoms with Crippen LogP contribution < -0.4 is 5.32 Å². The predicted molar refractivity (Wildman–Crippen MR) is 99.2 cm³/mol. The number of hydrogen-bond donors (Lipinski definition) is 1. The molecule has 1 unspecified atom stereocenters. The van der Waals surface area contributed by atoms with Crippen molar-refractivity contribution in [1.82, 2.24) is 10.2 Å². The van der Waals surface area contributed by atoms with E-state index in [1.54, 1.807) is 16.2 Å². The topological polar surface area (TPSA) is 58.6 Å². The fourth-order valence-electron chi connectivity index (χ4n) is 3.56. The van der Waals surface area contributed by atoms with E-state index in [2.05, 4.69) is 32.2 Å². The standard InChI is InChI=1S/C19H28N2O3S/c1-19(2,3)14-5-6-15-13(11-14)12-16(25-15)17(22)20-7-4-8-21-9-10-24-18(21)23/h12,14H,4-11H2,1-3H3,(H,20,22).